The summed E-state index contributed by atoms with van der Waals surface area (Å²) in [5.41, 5.74) is 6.07. The Labute approximate surface area is 83.6 Å². The van der Waals surface area contributed by atoms with Gasteiger partial charge in [0, 0.05) is 7.05 Å². The van der Waals surface area contributed by atoms with Gasteiger partial charge in [-0.05, 0) is 0 Å². The van der Waals surface area contributed by atoms with Crippen LogP contribution in [0.2, 0.25) is 0 Å². The van der Waals surface area contributed by atoms with Crippen LogP contribution in [-0.2, 0) is 7.05 Å². The van der Waals surface area contributed by atoms with Crippen LogP contribution in [0.1, 0.15) is 0 Å². The molecule has 0 aromatic carbocycles. The Morgan fingerprint density at radius 2 is 2.31 bits per heavy atom. The van der Waals surface area contributed by atoms with Crippen molar-refractivity contribution in [3.05, 3.63) is 16.8 Å². The summed E-state index contributed by atoms with van der Waals surface area (Å²) in [7, 11) is 1.75. The molecule has 0 aliphatic rings. The molecule has 0 bridgehead atoms. The molecular weight excluding hydrogens is 238 g/mol. The monoisotopic (exact) mass is 245 g/mol. The fraction of sp³-hybridized carbons (Fsp3) is 0.167. The zero-order valence-corrected chi connectivity index (χ0v) is 8.53. The molecule has 0 amide bonds. The van der Waals surface area contributed by atoms with E-state index in [2.05, 4.69) is 15.0 Å². The van der Waals surface area contributed by atoms with Crippen molar-refractivity contribution in [2.75, 3.05) is 5.73 Å². The number of hydrogen-bond donors (Lipinski definition) is 2. The molecule has 2 aromatic heterocycles. The Bertz CT molecular complexity index is 487. The molecule has 3 N–H and O–H groups in total. The Balaban J connectivity index is 0.000000845. The molecule has 0 aliphatic carbocycles. The third-order valence-corrected chi connectivity index (χ3v) is 1.61. The first-order valence-corrected chi connectivity index (χ1v) is 3.35. The van der Waals surface area contributed by atoms with Gasteiger partial charge in [0.25, 0.3) is 0 Å². The smallest absolute Gasteiger partial charge is 0.348 e. The molecule has 2 heterocycles. The van der Waals surface area contributed by atoms with Gasteiger partial charge in [-0.1, -0.05) is 0 Å². The molecule has 0 spiro atoms. The zero-order valence-electron chi connectivity index (χ0n) is 6.81. The number of aromatic nitrogens is 4. The summed E-state index contributed by atoms with van der Waals surface area (Å²) in [5, 5.41) is 0. The van der Waals surface area contributed by atoms with Gasteiger partial charge in [-0.2, -0.15) is 4.98 Å². The number of rotatable bonds is 0. The van der Waals surface area contributed by atoms with Crippen molar-refractivity contribution in [1.82, 2.24) is 19.5 Å². The first kappa shape index (κ1) is 9.72. The van der Waals surface area contributed by atoms with Crippen LogP contribution in [0.15, 0.2) is 11.1 Å². The lowest BCUT2D eigenvalue weighted by molar-refractivity contribution is 0.921. The molecule has 70 valence electrons. The van der Waals surface area contributed by atoms with Crippen molar-refractivity contribution in [1.29, 1.82) is 0 Å². The molecule has 0 fully saturated rings. The van der Waals surface area contributed by atoms with Crippen LogP contribution < -0.4 is 11.4 Å². The fourth-order valence-corrected chi connectivity index (χ4v) is 1.04. The van der Waals surface area contributed by atoms with Gasteiger partial charge in [-0.25, -0.2) is 9.78 Å². The number of nitrogens with one attached hydrogen (secondary N) is 1. The number of aromatic amines is 1. The minimum atomic E-state index is -0.455. The van der Waals surface area contributed by atoms with Gasteiger partial charge in [-0.15, -0.1) is 17.0 Å². The van der Waals surface area contributed by atoms with Crippen LogP contribution in [0.4, 0.5) is 5.82 Å². The average Bonchev–Trinajstić information content (AvgIpc) is 2.33. The van der Waals surface area contributed by atoms with Crippen LogP contribution in [0.5, 0.6) is 0 Å². The maximum absolute atomic E-state index is 10.9. The van der Waals surface area contributed by atoms with E-state index in [9.17, 15) is 4.79 Å². The van der Waals surface area contributed by atoms with E-state index < -0.39 is 5.69 Å². The Morgan fingerprint density at radius 3 is 3.00 bits per heavy atom. The maximum Gasteiger partial charge on any atom is 0.348 e. The van der Waals surface area contributed by atoms with Crippen molar-refractivity contribution in [2.45, 2.75) is 0 Å². The lowest BCUT2D eigenvalue weighted by atomic mass is 10.5. The highest BCUT2D eigenvalue weighted by molar-refractivity contribution is 8.93. The number of nitrogen functional groups attached to an aromatic ring is 1. The highest BCUT2D eigenvalue weighted by Crippen LogP contribution is 2.10. The van der Waals surface area contributed by atoms with Crippen LogP contribution in [-0.4, -0.2) is 19.5 Å². The molecule has 0 unspecified atom stereocenters. The Morgan fingerprint density at radius 1 is 1.62 bits per heavy atom. The fourth-order valence-electron chi connectivity index (χ4n) is 1.04. The average molecular weight is 246 g/mol. The van der Waals surface area contributed by atoms with Gasteiger partial charge in [-0.3, -0.25) is 4.98 Å². The van der Waals surface area contributed by atoms with E-state index in [1.54, 1.807) is 17.9 Å². The number of imidazole rings is 1. The third kappa shape index (κ3) is 1.42. The van der Waals surface area contributed by atoms with Gasteiger partial charge in [0.2, 0.25) is 0 Å². The van der Waals surface area contributed by atoms with Gasteiger partial charge >= 0.3 is 5.69 Å². The van der Waals surface area contributed by atoms with Gasteiger partial charge in [0.15, 0.2) is 5.65 Å². The van der Waals surface area contributed by atoms with Crippen molar-refractivity contribution >= 4 is 34.0 Å². The maximum atomic E-state index is 10.9. The quantitative estimate of drug-likeness (QED) is 0.674. The third-order valence-electron chi connectivity index (χ3n) is 1.61. The van der Waals surface area contributed by atoms with E-state index in [1.165, 1.54) is 0 Å². The van der Waals surface area contributed by atoms with Crippen molar-refractivity contribution < 1.29 is 0 Å². The summed E-state index contributed by atoms with van der Waals surface area (Å²) in [6.45, 7) is 0. The second-order valence-electron chi connectivity index (χ2n) is 2.48. The summed E-state index contributed by atoms with van der Waals surface area (Å²) in [5.74, 6) is 0.255. The standard InChI is InChI=1S/C6H7N5O.BrH/c1-11-2-8-3-4(7)9-6(12)10-5(3)11;/h2H,1H3,(H3,7,9,10,12);1H. The number of nitrogens with zero attached hydrogens (tertiary/aromatic N) is 3. The number of hydrogen-bond acceptors (Lipinski definition) is 4. The molecule has 0 saturated carbocycles. The Kier molecular flexibility index (Phi) is 2.37. The molecular formula is C6H8BrN5O. The second-order valence-corrected chi connectivity index (χ2v) is 2.48. The van der Waals surface area contributed by atoms with Gasteiger partial charge < -0.3 is 10.3 Å². The SMILES string of the molecule is Br.Cn1cnc2c(N)[nH]c(=O)nc21. The summed E-state index contributed by atoms with van der Waals surface area (Å²) in [6, 6.07) is 0. The number of aryl methyl sites for hydroxylation is 1. The normalized spacial score (nSPS) is 9.92. The molecule has 2 rings (SSSR count). The summed E-state index contributed by atoms with van der Waals surface area (Å²) >= 11 is 0. The van der Waals surface area contributed by atoms with E-state index in [-0.39, 0.29) is 22.8 Å². The summed E-state index contributed by atoms with van der Waals surface area (Å²) < 4.78 is 1.64. The van der Waals surface area contributed by atoms with Crippen LogP contribution in [0, 0.1) is 0 Å². The van der Waals surface area contributed by atoms with E-state index in [4.69, 9.17) is 5.73 Å². The molecule has 0 radical (unpaired) electrons. The number of anilines is 1. The minimum Gasteiger partial charge on any atom is -0.383 e. The minimum absolute atomic E-state index is 0. The first-order valence-electron chi connectivity index (χ1n) is 3.35. The topological polar surface area (TPSA) is 89.6 Å². The van der Waals surface area contributed by atoms with E-state index in [1.807, 2.05) is 0 Å². The molecule has 0 saturated heterocycles. The summed E-state index contributed by atoms with van der Waals surface area (Å²) in [6.07, 6.45) is 1.56. The van der Waals surface area contributed by atoms with Crippen LogP contribution in [0.25, 0.3) is 11.2 Å². The number of halogens is 1. The number of H-pyrrole nitrogens is 1. The molecule has 6 nitrogen and oxygen atoms in total. The summed E-state index contributed by atoms with van der Waals surface area (Å²) in [4.78, 5) is 20.9. The van der Waals surface area contributed by atoms with Crippen LogP contribution >= 0.6 is 17.0 Å². The van der Waals surface area contributed by atoms with Gasteiger partial charge in [0.1, 0.15) is 11.3 Å². The molecule has 7 heteroatoms. The van der Waals surface area contributed by atoms with E-state index in [0.29, 0.717) is 11.2 Å². The number of nitrogens with two attached hydrogens (primary N) is 1. The highest BCUT2D eigenvalue weighted by Gasteiger charge is 2.05. The first-order chi connectivity index (χ1) is 5.68. The van der Waals surface area contributed by atoms with Gasteiger partial charge in [0.05, 0.1) is 6.33 Å². The lowest BCUT2D eigenvalue weighted by Gasteiger charge is -1.93. The highest BCUT2D eigenvalue weighted by atomic mass is 79.9. The molecule has 13 heavy (non-hydrogen) atoms. The van der Waals surface area contributed by atoms with Crippen molar-refractivity contribution in [3.8, 4) is 0 Å². The van der Waals surface area contributed by atoms with E-state index in [0.717, 1.165) is 0 Å². The predicted molar refractivity (Wildman–Crippen MR) is 53.9 cm³/mol. The molecule has 0 atom stereocenters. The molecule has 0 aliphatic heterocycles. The van der Waals surface area contributed by atoms with Crippen LogP contribution in [0.3, 0.4) is 0 Å². The predicted octanol–water partition coefficient (Wildman–Crippen LogP) is -0.183. The number of fused-ring (bicyclic) bond motifs is 1. The lowest BCUT2D eigenvalue weighted by Crippen LogP contribution is -2.13. The van der Waals surface area contributed by atoms with E-state index >= 15 is 0 Å². The Hall–Kier alpha value is -1.37. The van der Waals surface area contributed by atoms with Crippen molar-refractivity contribution in [3.63, 3.8) is 0 Å². The second kappa shape index (κ2) is 3.17. The zero-order chi connectivity index (χ0) is 8.72. The van der Waals surface area contributed by atoms with Crippen molar-refractivity contribution in [2.24, 2.45) is 7.05 Å². The largest absolute Gasteiger partial charge is 0.383 e. The molecule has 2 aromatic rings.